The van der Waals surface area contributed by atoms with Crippen LogP contribution in [0.5, 0.6) is 5.75 Å². The molecule has 1 aromatic rings. The molecule has 2 aliphatic rings. The quantitative estimate of drug-likeness (QED) is 0.264. The molecule has 6 heteroatoms. The third-order valence-electron chi connectivity index (χ3n) is 8.04. The molecule has 0 radical (unpaired) electrons. The Morgan fingerprint density at radius 3 is 2.03 bits per heavy atom. The Labute approximate surface area is 210 Å². The number of nitrogens with zero attached hydrogens (tertiary/aromatic N) is 2. The molecular formula is C28H44N2O3Sn. The molecule has 0 amide bonds. The van der Waals surface area contributed by atoms with Crippen LogP contribution in [0.1, 0.15) is 80.0 Å². The van der Waals surface area contributed by atoms with Crippen molar-refractivity contribution in [2.75, 3.05) is 21.2 Å². The molecule has 5 nitrogen and oxygen atoms in total. The Bertz CT molecular complexity index is 876. The van der Waals surface area contributed by atoms with E-state index in [0.29, 0.717) is 16.9 Å². The van der Waals surface area contributed by atoms with E-state index in [9.17, 15) is 9.59 Å². The summed E-state index contributed by atoms with van der Waals surface area (Å²) < 4.78 is 9.78. The summed E-state index contributed by atoms with van der Waals surface area (Å²) in [5.41, 5.74) is 1.03. The Morgan fingerprint density at radius 1 is 0.941 bits per heavy atom. The van der Waals surface area contributed by atoms with E-state index in [1.165, 1.54) is 51.8 Å². The molecule has 0 N–H and O–H groups in total. The second kappa shape index (κ2) is 12.1. The molecule has 0 saturated carbocycles. The molecule has 3 atom stereocenters. The summed E-state index contributed by atoms with van der Waals surface area (Å²) in [6.07, 6.45) is 11.8. The topological polar surface area (TPSA) is 49.9 Å². The van der Waals surface area contributed by atoms with Crippen LogP contribution >= 0.6 is 0 Å². The zero-order valence-corrected chi connectivity index (χ0v) is 25.0. The van der Waals surface area contributed by atoms with E-state index < -0.39 is 24.4 Å². The number of methoxy groups -OCH3 is 1. The number of fused-ring (bicyclic) bond motifs is 2. The van der Waals surface area contributed by atoms with Gasteiger partial charge in [0, 0.05) is 0 Å². The first-order chi connectivity index (χ1) is 16.4. The van der Waals surface area contributed by atoms with Crippen molar-refractivity contribution < 1.29 is 14.3 Å². The van der Waals surface area contributed by atoms with Crippen molar-refractivity contribution in [3.8, 4) is 5.75 Å². The fraction of sp³-hybridized carbons (Fsp3) is 0.643. The molecule has 0 saturated heterocycles. The van der Waals surface area contributed by atoms with Gasteiger partial charge in [0.05, 0.1) is 0 Å². The maximum atomic E-state index is 14.3. The first kappa shape index (κ1) is 27.2. The maximum absolute atomic E-state index is 14.3. The third kappa shape index (κ3) is 5.11. The van der Waals surface area contributed by atoms with Gasteiger partial charge in [0.2, 0.25) is 0 Å². The van der Waals surface area contributed by atoms with Crippen molar-refractivity contribution in [2.45, 2.75) is 82.6 Å². The molecule has 0 aromatic heterocycles. The van der Waals surface area contributed by atoms with Crippen molar-refractivity contribution >= 4 is 29.9 Å². The number of Topliss-reactive ketones (excluding diaryl/α,β-unsaturated/α-hetero) is 2. The molecule has 1 heterocycles. The average Bonchev–Trinajstić information content (AvgIpc) is 2.85. The van der Waals surface area contributed by atoms with Gasteiger partial charge < -0.3 is 0 Å². The van der Waals surface area contributed by atoms with E-state index in [1.807, 2.05) is 36.2 Å². The van der Waals surface area contributed by atoms with Gasteiger partial charge in [0.25, 0.3) is 0 Å². The predicted octanol–water partition coefficient (Wildman–Crippen LogP) is 6.58. The zero-order valence-electron chi connectivity index (χ0n) is 22.1. The van der Waals surface area contributed by atoms with Crippen molar-refractivity contribution in [1.82, 2.24) is 10.0 Å². The van der Waals surface area contributed by atoms with Crippen LogP contribution < -0.4 is 4.74 Å². The number of ketones is 2. The number of benzene rings is 1. The standard InChI is InChI=1S/C16H17N2O3.3C4H9.Sn/c1-17(2)18-9-5-7-11-14(18)16(20)10-6-4-8-12(21-3)13(10)15(11)19;3*1-3-4-2;/h4-9,11,14H,1-3H3;3*1,3-4H2,2H3;/t11-,14+;;;;/m1..../s1. The fourth-order valence-electron chi connectivity index (χ4n) is 6.26. The van der Waals surface area contributed by atoms with Gasteiger partial charge in [-0.2, -0.15) is 0 Å². The number of rotatable bonds is 12. The monoisotopic (exact) mass is 576 g/mol. The van der Waals surface area contributed by atoms with Crippen LogP contribution in [0.2, 0.25) is 17.2 Å². The molecule has 1 aromatic carbocycles. The summed E-state index contributed by atoms with van der Waals surface area (Å²) in [6, 6.07) is 4.99. The van der Waals surface area contributed by atoms with E-state index in [0.717, 1.165) is 0 Å². The van der Waals surface area contributed by atoms with Crippen molar-refractivity contribution in [3.63, 3.8) is 0 Å². The molecule has 0 spiro atoms. The summed E-state index contributed by atoms with van der Waals surface area (Å²) in [4.78, 5) is 28.4. The van der Waals surface area contributed by atoms with E-state index in [-0.39, 0.29) is 21.4 Å². The third-order valence-corrected chi connectivity index (χ3v) is 25.2. The van der Waals surface area contributed by atoms with Gasteiger partial charge >= 0.3 is 211 Å². The second-order valence-corrected chi connectivity index (χ2v) is 24.3. The summed E-state index contributed by atoms with van der Waals surface area (Å²) in [5.74, 6) is 0.396. The number of ether oxygens (including phenoxy) is 1. The minimum absolute atomic E-state index is 0.0585. The van der Waals surface area contributed by atoms with E-state index in [4.69, 9.17) is 4.74 Å². The fourth-order valence-corrected chi connectivity index (χ4v) is 24.8. The normalized spacial score (nSPS) is 22.2. The molecule has 1 aliphatic carbocycles. The molecule has 0 bridgehead atoms. The Hall–Kier alpha value is -1.34. The summed E-state index contributed by atoms with van der Waals surface area (Å²) in [7, 11) is 5.52. The Balaban J connectivity index is 2.20. The van der Waals surface area contributed by atoms with Gasteiger partial charge in [-0.25, -0.2) is 0 Å². The van der Waals surface area contributed by atoms with Gasteiger partial charge in [-0.3, -0.25) is 0 Å². The molecule has 0 unspecified atom stereocenters. The molecule has 188 valence electrons. The van der Waals surface area contributed by atoms with E-state index >= 15 is 0 Å². The van der Waals surface area contributed by atoms with Crippen molar-refractivity contribution in [3.05, 3.63) is 41.6 Å². The van der Waals surface area contributed by atoms with Crippen LogP contribution in [0.25, 0.3) is 0 Å². The Kier molecular flexibility index (Phi) is 9.67. The molecule has 1 aliphatic heterocycles. The van der Waals surface area contributed by atoms with Gasteiger partial charge in [0.1, 0.15) is 0 Å². The van der Waals surface area contributed by atoms with Crippen LogP contribution in [-0.4, -0.2) is 67.2 Å². The van der Waals surface area contributed by atoms with Crippen molar-refractivity contribution in [1.29, 1.82) is 0 Å². The molecule has 3 rings (SSSR count). The average molecular weight is 575 g/mol. The number of hydrogen-bond donors (Lipinski definition) is 0. The van der Waals surface area contributed by atoms with Crippen LogP contribution in [0.3, 0.4) is 0 Å². The van der Waals surface area contributed by atoms with Gasteiger partial charge in [-0.05, 0) is 0 Å². The summed E-state index contributed by atoms with van der Waals surface area (Å²) >= 11 is -2.88. The molecular weight excluding hydrogens is 531 g/mol. The van der Waals surface area contributed by atoms with Gasteiger partial charge in [0.15, 0.2) is 0 Å². The number of carbonyl (C=O) groups excluding carboxylic acids is 2. The second-order valence-electron chi connectivity index (χ2n) is 10.3. The first-order valence-corrected chi connectivity index (χ1v) is 21.0. The number of unbranched alkanes of at least 4 members (excludes halogenated alkanes) is 3. The van der Waals surface area contributed by atoms with Crippen molar-refractivity contribution in [2.24, 2.45) is 5.92 Å². The SMILES string of the molecule is CCC[CH2][Sn]([CH2]CCC)([CH2]CCC)[C@@H]1C=CN(N(C)C)[C@@H]2C(=O)c3cccc(OC)c3C(=O)[C@@H]21. The predicted molar refractivity (Wildman–Crippen MR) is 142 cm³/mol. The van der Waals surface area contributed by atoms with Crippen LogP contribution in [-0.2, 0) is 0 Å². The summed E-state index contributed by atoms with van der Waals surface area (Å²) in [5, 5.41) is 3.96. The first-order valence-electron chi connectivity index (χ1n) is 13.3. The van der Waals surface area contributed by atoms with Crippen LogP contribution in [0.4, 0.5) is 0 Å². The van der Waals surface area contributed by atoms with Crippen LogP contribution in [0.15, 0.2) is 30.5 Å². The van der Waals surface area contributed by atoms with Crippen LogP contribution in [0, 0.1) is 5.92 Å². The zero-order chi connectivity index (χ0) is 24.9. The molecule has 0 fully saturated rings. The van der Waals surface area contributed by atoms with Gasteiger partial charge in [-0.1, -0.05) is 0 Å². The van der Waals surface area contributed by atoms with E-state index in [2.05, 4.69) is 33.0 Å². The van der Waals surface area contributed by atoms with E-state index in [1.54, 1.807) is 13.2 Å². The minimum atomic E-state index is -2.88. The van der Waals surface area contributed by atoms with Gasteiger partial charge in [-0.15, -0.1) is 0 Å². The number of hydrogen-bond acceptors (Lipinski definition) is 5. The Morgan fingerprint density at radius 2 is 1.53 bits per heavy atom. The molecule has 34 heavy (non-hydrogen) atoms. The number of allylic oxidation sites excluding steroid dienone is 1. The summed E-state index contributed by atoms with van der Waals surface area (Å²) in [6.45, 7) is 6.83. The number of hydrazine groups is 1. The number of carbonyl (C=O) groups is 2.